The molecule has 0 atom stereocenters. The average molecular weight is 922 g/mol. The molecule has 1 nitrogen and oxygen atoms in total. The molecule has 0 saturated heterocycles. The van der Waals surface area contributed by atoms with E-state index in [0.717, 1.165) is 0 Å². The Bertz CT molecular complexity index is 1890. The van der Waals surface area contributed by atoms with Gasteiger partial charge in [-0.2, -0.15) is 0 Å². The van der Waals surface area contributed by atoms with Crippen molar-refractivity contribution in [2.45, 2.75) is 0 Å². The minimum atomic E-state index is -0.446. The molecule has 0 aromatic heterocycles. The number of benzene rings is 9. The van der Waals surface area contributed by atoms with Crippen LogP contribution in [0.2, 0.25) is 0 Å². The Morgan fingerprint density at radius 2 is 0.283 bits per heavy atom. The summed E-state index contributed by atoms with van der Waals surface area (Å²) >= 11 is 0. The second kappa shape index (κ2) is 25.9. The van der Waals surface area contributed by atoms with Gasteiger partial charge in [0, 0.05) is 20.9 Å². The third-order valence-electron chi connectivity index (χ3n) is 9.13. The van der Waals surface area contributed by atoms with Gasteiger partial charge in [-0.25, -0.2) is 0 Å². The van der Waals surface area contributed by atoms with Crippen molar-refractivity contribution in [2.75, 3.05) is 0 Å². The van der Waals surface area contributed by atoms with Gasteiger partial charge in [0.05, 0.1) is 0 Å². The largest absolute Gasteiger partial charge is 0.307 e. The van der Waals surface area contributed by atoms with E-state index in [1.165, 1.54) is 47.7 Å². The SMILES string of the molecule is C=O.[HH].[Rh].c1ccc(P(c2ccccc2)c2ccccc2)cc1.c1ccc(P(c2ccccc2)c2ccccc2)cc1.c1ccc(P(c2ccccc2)c2ccccc2)cc1. The van der Waals surface area contributed by atoms with Crippen LogP contribution in [0.25, 0.3) is 0 Å². The van der Waals surface area contributed by atoms with Crippen LogP contribution in [0, 0.1) is 0 Å². The summed E-state index contributed by atoms with van der Waals surface area (Å²) in [5.41, 5.74) is 0. The van der Waals surface area contributed by atoms with Crippen molar-refractivity contribution in [3.8, 4) is 0 Å². The number of carbonyl (C=O) groups is 1. The average Bonchev–Trinajstić information content (AvgIpc) is 3.34. The molecule has 1 radical (unpaired) electrons. The van der Waals surface area contributed by atoms with E-state index in [1.54, 1.807) is 0 Å². The summed E-state index contributed by atoms with van der Waals surface area (Å²) in [5, 5.41) is 12.6. The molecule has 0 heterocycles. The van der Waals surface area contributed by atoms with E-state index in [4.69, 9.17) is 4.79 Å². The molecule has 0 bridgehead atoms. The zero-order chi connectivity index (χ0) is 40.7. The van der Waals surface area contributed by atoms with E-state index >= 15 is 0 Å². The van der Waals surface area contributed by atoms with Crippen molar-refractivity contribution in [1.82, 2.24) is 0 Å². The van der Waals surface area contributed by atoms with Gasteiger partial charge in [0.1, 0.15) is 6.79 Å². The van der Waals surface area contributed by atoms with E-state index in [2.05, 4.69) is 273 Å². The zero-order valence-electron chi connectivity index (χ0n) is 33.3. The van der Waals surface area contributed by atoms with Crippen molar-refractivity contribution < 1.29 is 25.7 Å². The van der Waals surface area contributed by atoms with Crippen molar-refractivity contribution >= 4 is 78.3 Å². The molecule has 0 aliphatic rings. The molecular weight excluding hydrogens is 872 g/mol. The topological polar surface area (TPSA) is 17.1 Å². The van der Waals surface area contributed by atoms with Gasteiger partial charge in [-0.3, -0.25) is 0 Å². The van der Waals surface area contributed by atoms with E-state index < -0.39 is 23.8 Å². The molecule has 299 valence electrons. The van der Waals surface area contributed by atoms with Gasteiger partial charge in [-0.15, -0.1) is 0 Å². The number of rotatable bonds is 9. The number of hydrogen-bond donors (Lipinski definition) is 0. The molecule has 0 amide bonds. The molecule has 0 aliphatic carbocycles. The minimum Gasteiger partial charge on any atom is -0.307 e. The molecule has 0 spiro atoms. The molecule has 9 aromatic rings. The molecule has 0 unspecified atom stereocenters. The van der Waals surface area contributed by atoms with Crippen LogP contribution in [0.4, 0.5) is 0 Å². The first kappa shape index (κ1) is 45.6. The van der Waals surface area contributed by atoms with Crippen molar-refractivity contribution in [3.05, 3.63) is 273 Å². The van der Waals surface area contributed by atoms with Gasteiger partial charge in [0.2, 0.25) is 0 Å². The van der Waals surface area contributed by atoms with E-state index in [9.17, 15) is 0 Å². The van der Waals surface area contributed by atoms with Crippen LogP contribution in [-0.4, -0.2) is 6.79 Å². The summed E-state index contributed by atoms with van der Waals surface area (Å²) in [4.78, 5) is 8.00. The van der Waals surface area contributed by atoms with Crippen LogP contribution in [0.5, 0.6) is 0 Å². The smallest absolute Gasteiger partial charge is 0.106 e. The van der Waals surface area contributed by atoms with Crippen LogP contribution >= 0.6 is 23.8 Å². The maximum Gasteiger partial charge on any atom is 0.106 e. The Balaban J connectivity index is 0.000000194. The fourth-order valence-electron chi connectivity index (χ4n) is 6.54. The summed E-state index contributed by atoms with van der Waals surface area (Å²) in [6.45, 7) is 2.00. The normalized spacial score (nSPS) is 10.1. The van der Waals surface area contributed by atoms with Crippen LogP contribution in [0.3, 0.4) is 0 Å². The maximum atomic E-state index is 8.00. The molecular formula is C55H49OP3Rh. The van der Waals surface area contributed by atoms with Crippen LogP contribution in [-0.2, 0) is 24.3 Å². The summed E-state index contributed by atoms with van der Waals surface area (Å²) in [7, 11) is -1.34. The monoisotopic (exact) mass is 921 g/mol. The summed E-state index contributed by atoms with van der Waals surface area (Å²) in [5.74, 6) is 0. The van der Waals surface area contributed by atoms with Gasteiger partial charge < -0.3 is 4.79 Å². The Morgan fingerprint density at radius 1 is 0.200 bits per heavy atom. The van der Waals surface area contributed by atoms with Crippen molar-refractivity contribution in [1.29, 1.82) is 0 Å². The molecule has 60 heavy (non-hydrogen) atoms. The molecule has 0 saturated carbocycles. The Labute approximate surface area is 374 Å². The summed E-state index contributed by atoms with van der Waals surface area (Å²) in [6.07, 6.45) is 0. The third-order valence-corrected chi connectivity index (χ3v) is 16.5. The predicted molar refractivity (Wildman–Crippen MR) is 265 cm³/mol. The van der Waals surface area contributed by atoms with E-state index in [0.29, 0.717) is 0 Å². The fraction of sp³-hybridized carbons (Fsp3) is 0. The third kappa shape index (κ3) is 13.3. The van der Waals surface area contributed by atoms with E-state index in [-0.39, 0.29) is 20.9 Å². The summed E-state index contributed by atoms with van der Waals surface area (Å²) < 4.78 is 0. The summed E-state index contributed by atoms with van der Waals surface area (Å²) in [6, 6.07) is 97.0. The number of hydrogen-bond acceptors (Lipinski definition) is 1. The Morgan fingerprint density at radius 3 is 0.367 bits per heavy atom. The van der Waals surface area contributed by atoms with Crippen molar-refractivity contribution in [2.24, 2.45) is 0 Å². The molecule has 5 heteroatoms. The molecule has 9 rings (SSSR count). The van der Waals surface area contributed by atoms with Crippen molar-refractivity contribution in [3.63, 3.8) is 0 Å². The Kier molecular flexibility index (Phi) is 19.7. The van der Waals surface area contributed by atoms with Crippen LogP contribution < -0.4 is 47.7 Å². The van der Waals surface area contributed by atoms with Gasteiger partial charge in [0.15, 0.2) is 0 Å². The van der Waals surface area contributed by atoms with Gasteiger partial charge in [-0.05, 0) is 71.5 Å². The second-order valence-electron chi connectivity index (χ2n) is 13.0. The molecule has 9 aromatic carbocycles. The fourth-order valence-corrected chi connectivity index (χ4v) is 13.5. The molecule has 0 N–H and O–H groups in total. The Hall–Kier alpha value is -5.44. The van der Waals surface area contributed by atoms with Gasteiger partial charge in [0.25, 0.3) is 0 Å². The molecule has 0 aliphatic heterocycles. The quantitative estimate of drug-likeness (QED) is 0.104. The van der Waals surface area contributed by atoms with Crippen LogP contribution in [0.15, 0.2) is 273 Å². The zero-order valence-corrected chi connectivity index (χ0v) is 37.6. The minimum absolute atomic E-state index is 0. The molecule has 0 fully saturated rings. The maximum absolute atomic E-state index is 8.00. The van der Waals surface area contributed by atoms with Crippen LogP contribution in [0.1, 0.15) is 1.43 Å². The standard InChI is InChI=1S/3C18H15P.CH2O.Rh.H2/c3*1-4-10-16(11-5-1)19(17-12-6-2-7-13-17)18-14-8-3-9-15-18;1-2;;/h3*1-15H;1H2;;1H. The van der Waals surface area contributed by atoms with Gasteiger partial charge in [-0.1, -0.05) is 273 Å². The first-order valence-electron chi connectivity index (χ1n) is 19.5. The first-order chi connectivity index (χ1) is 29.3. The second-order valence-corrected chi connectivity index (χ2v) is 19.7. The van der Waals surface area contributed by atoms with E-state index in [1.807, 2.05) is 6.79 Å². The predicted octanol–water partition coefficient (Wildman–Crippen LogP) is 10.4. The number of carbonyl (C=O) groups excluding carboxylic acids is 1. The first-order valence-corrected chi connectivity index (χ1v) is 23.5. The van der Waals surface area contributed by atoms with Gasteiger partial charge >= 0.3 is 0 Å².